The molecular formula is C10H11FN2O2. The monoisotopic (exact) mass is 210 g/mol. The van der Waals surface area contributed by atoms with Crippen LogP contribution in [0.1, 0.15) is 12.5 Å². The van der Waals surface area contributed by atoms with Gasteiger partial charge in [0.1, 0.15) is 11.4 Å². The molecule has 1 aromatic carbocycles. The van der Waals surface area contributed by atoms with Gasteiger partial charge in [0.2, 0.25) is 5.91 Å². The van der Waals surface area contributed by atoms with E-state index in [4.69, 9.17) is 0 Å². The Morgan fingerprint density at radius 1 is 1.47 bits per heavy atom. The lowest BCUT2D eigenvalue weighted by Gasteiger charge is -2.22. The van der Waals surface area contributed by atoms with Crippen LogP contribution in [0.2, 0.25) is 0 Å². The normalized spacial score (nSPS) is 30.3. The minimum absolute atomic E-state index is 0.221. The molecule has 2 unspecified atom stereocenters. The first-order valence-electron chi connectivity index (χ1n) is 4.56. The largest absolute Gasteiger partial charge is 0.361 e. The fourth-order valence-corrected chi connectivity index (χ4v) is 1.71. The molecule has 1 aliphatic heterocycles. The van der Waals surface area contributed by atoms with Crippen molar-refractivity contribution in [1.82, 2.24) is 10.6 Å². The number of halogens is 1. The van der Waals surface area contributed by atoms with Gasteiger partial charge in [-0.1, -0.05) is 18.2 Å². The first kappa shape index (κ1) is 10.1. The summed E-state index contributed by atoms with van der Waals surface area (Å²) in [6.07, 6.45) is -1.14. The quantitative estimate of drug-likeness (QED) is 0.613. The zero-order valence-electron chi connectivity index (χ0n) is 8.12. The van der Waals surface area contributed by atoms with E-state index in [1.807, 2.05) is 0 Å². The van der Waals surface area contributed by atoms with E-state index in [-0.39, 0.29) is 5.56 Å². The van der Waals surface area contributed by atoms with Gasteiger partial charge >= 0.3 is 0 Å². The zero-order valence-corrected chi connectivity index (χ0v) is 8.12. The van der Waals surface area contributed by atoms with Crippen LogP contribution in [0.3, 0.4) is 0 Å². The number of aliphatic hydroxyl groups excluding tert-OH is 1. The van der Waals surface area contributed by atoms with Crippen molar-refractivity contribution < 1.29 is 14.3 Å². The summed E-state index contributed by atoms with van der Waals surface area (Å²) in [5, 5.41) is 14.1. The van der Waals surface area contributed by atoms with E-state index in [2.05, 4.69) is 10.6 Å². The molecule has 0 bridgehead atoms. The molecule has 1 aromatic rings. The SMILES string of the molecule is CC1(c2ccccc2F)NC(O)NC1=O. The minimum Gasteiger partial charge on any atom is -0.361 e. The Bertz CT molecular complexity index is 410. The van der Waals surface area contributed by atoms with Crippen molar-refractivity contribution in [2.75, 3.05) is 0 Å². The molecule has 0 saturated carbocycles. The molecule has 15 heavy (non-hydrogen) atoms. The standard InChI is InChI=1S/C10H11FN2O2/c1-10(8(14)12-9(15)13-10)6-4-2-3-5-7(6)11/h2-5,9,13,15H,1H3,(H,12,14). The maximum atomic E-state index is 13.5. The molecule has 1 fully saturated rings. The van der Waals surface area contributed by atoms with Gasteiger partial charge in [-0.15, -0.1) is 0 Å². The van der Waals surface area contributed by atoms with Gasteiger partial charge in [0.05, 0.1) is 0 Å². The smallest absolute Gasteiger partial charge is 0.247 e. The van der Waals surface area contributed by atoms with E-state index in [1.54, 1.807) is 12.1 Å². The first-order valence-corrected chi connectivity index (χ1v) is 4.56. The van der Waals surface area contributed by atoms with Crippen LogP contribution in [0.5, 0.6) is 0 Å². The summed E-state index contributed by atoms with van der Waals surface area (Å²) in [6.45, 7) is 1.52. The Morgan fingerprint density at radius 3 is 2.67 bits per heavy atom. The molecule has 0 aliphatic carbocycles. The number of carbonyl (C=O) groups is 1. The molecule has 0 radical (unpaired) electrons. The predicted octanol–water partition coefficient (Wildman–Crippen LogP) is 0.0362. The summed E-state index contributed by atoms with van der Waals surface area (Å²) in [5.41, 5.74) is -0.996. The molecule has 0 aromatic heterocycles. The molecule has 1 amide bonds. The average Bonchev–Trinajstić information content (AvgIpc) is 2.42. The Morgan fingerprint density at radius 2 is 2.13 bits per heavy atom. The highest BCUT2D eigenvalue weighted by Crippen LogP contribution is 2.26. The highest BCUT2D eigenvalue weighted by molar-refractivity contribution is 5.89. The number of rotatable bonds is 1. The van der Waals surface area contributed by atoms with E-state index in [0.29, 0.717) is 0 Å². The van der Waals surface area contributed by atoms with Crippen molar-refractivity contribution in [2.24, 2.45) is 0 Å². The molecule has 1 heterocycles. The molecule has 80 valence electrons. The molecule has 0 spiro atoms. The number of hydrogen-bond donors (Lipinski definition) is 3. The second-order valence-corrected chi connectivity index (χ2v) is 3.63. The van der Waals surface area contributed by atoms with Gasteiger partial charge < -0.3 is 10.4 Å². The fourth-order valence-electron chi connectivity index (χ4n) is 1.71. The van der Waals surface area contributed by atoms with E-state index in [1.165, 1.54) is 19.1 Å². The topological polar surface area (TPSA) is 61.4 Å². The van der Waals surface area contributed by atoms with Gasteiger partial charge in [0.25, 0.3) is 0 Å². The number of hydrogen-bond acceptors (Lipinski definition) is 3. The molecule has 1 saturated heterocycles. The number of nitrogens with one attached hydrogen (secondary N) is 2. The molecule has 2 rings (SSSR count). The van der Waals surface area contributed by atoms with Gasteiger partial charge in [-0.3, -0.25) is 10.1 Å². The molecular weight excluding hydrogens is 199 g/mol. The molecule has 4 nitrogen and oxygen atoms in total. The highest BCUT2D eigenvalue weighted by atomic mass is 19.1. The Balaban J connectivity index is 2.46. The van der Waals surface area contributed by atoms with Gasteiger partial charge in [-0.05, 0) is 13.0 Å². The summed E-state index contributed by atoms with van der Waals surface area (Å²) in [7, 11) is 0. The van der Waals surface area contributed by atoms with Gasteiger partial charge in [-0.25, -0.2) is 4.39 Å². The lowest BCUT2D eigenvalue weighted by Crippen LogP contribution is -2.42. The third kappa shape index (κ3) is 1.49. The number of carbonyl (C=O) groups excluding carboxylic acids is 1. The summed E-state index contributed by atoms with van der Waals surface area (Å²) in [4.78, 5) is 11.6. The average molecular weight is 210 g/mol. The summed E-state index contributed by atoms with van der Waals surface area (Å²) >= 11 is 0. The second-order valence-electron chi connectivity index (χ2n) is 3.63. The third-order valence-corrected chi connectivity index (χ3v) is 2.56. The van der Waals surface area contributed by atoms with Crippen LogP contribution in [-0.4, -0.2) is 17.4 Å². The predicted molar refractivity (Wildman–Crippen MR) is 51.0 cm³/mol. The Labute approximate surface area is 86.1 Å². The van der Waals surface area contributed by atoms with Crippen molar-refractivity contribution >= 4 is 5.91 Å². The van der Waals surface area contributed by atoms with Crippen LogP contribution >= 0.6 is 0 Å². The van der Waals surface area contributed by atoms with Crippen molar-refractivity contribution in [3.63, 3.8) is 0 Å². The van der Waals surface area contributed by atoms with E-state index in [9.17, 15) is 14.3 Å². The van der Waals surface area contributed by atoms with Crippen LogP contribution in [-0.2, 0) is 10.3 Å². The van der Waals surface area contributed by atoms with Crippen molar-refractivity contribution in [2.45, 2.75) is 18.8 Å². The lowest BCUT2D eigenvalue weighted by atomic mass is 9.92. The first-order chi connectivity index (χ1) is 7.04. The van der Waals surface area contributed by atoms with Gasteiger partial charge in [-0.2, -0.15) is 0 Å². The van der Waals surface area contributed by atoms with Crippen LogP contribution in [0, 0.1) is 5.82 Å². The Kier molecular flexibility index (Phi) is 2.21. The zero-order chi connectivity index (χ0) is 11.1. The number of benzene rings is 1. The molecule has 3 N–H and O–H groups in total. The second kappa shape index (κ2) is 3.29. The van der Waals surface area contributed by atoms with E-state index in [0.717, 1.165) is 0 Å². The molecule has 1 aliphatic rings. The summed E-state index contributed by atoms with van der Waals surface area (Å²) in [5.74, 6) is -0.920. The van der Waals surface area contributed by atoms with Crippen LogP contribution < -0.4 is 10.6 Å². The highest BCUT2D eigenvalue weighted by Gasteiger charge is 2.44. The number of amides is 1. The van der Waals surface area contributed by atoms with Crippen LogP contribution in [0.15, 0.2) is 24.3 Å². The van der Waals surface area contributed by atoms with Crippen LogP contribution in [0.4, 0.5) is 4.39 Å². The van der Waals surface area contributed by atoms with Crippen molar-refractivity contribution in [3.8, 4) is 0 Å². The minimum atomic E-state index is -1.22. The van der Waals surface area contributed by atoms with Crippen molar-refractivity contribution in [3.05, 3.63) is 35.6 Å². The van der Waals surface area contributed by atoms with E-state index >= 15 is 0 Å². The number of aliphatic hydroxyl groups is 1. The van der Waals surface area contributed by atoms with Gasteiger partial charge in [0.15, 0.2) is 6.35 Å². The maximum Gasteiger partial charge on any atom is 0.247 e. The van der Waals surface area contributed by atoms with Crippen molar-refractivity contribution in [1.29, 1.82) is 0 Å². The summed E-state index contributed by atoms with van der Waals surface area (Å²) < 4.78 is 13.5. The van der Waals surface area contributed by atoms with Crippen LogP contribution in [0.25, 0.3) is 0 Å². The molecule has 5 heteroatoms. The summed E-state index contributed by atoms with van der Waals surface area (Å²) in [6, 6.07) is 5.98. The van der Waals surface area contributed by atoms with E-state index < -0.39 is 23.6 Å². The van der Waals surface area contributed by atoms with Gasteiger partial charge in [0, 0.05) is 5.56 Å². The maximum absolute atomic E-state index is 13.5. The lowest BCUT2D eigenvalue weighted by molar-refractivity contribution is -0.124. The Hall–Kier alpha value is -1.46. The molecule has 2 atom stereocenters. The fraction of sp³-hybridized carbons (Fsp3) is 0.300. The third-order valence-electron chi connectivity index (χ3n) is 2.56.